The minimum atomic E-state index is -4.10. The second-order valence-corrected chi connectivity index (χ2v) is 11.4. The summed E-state index contributed by atoms with van der Waals surface area (Å²) in [5, 5.41) is 13.8. The monoisotopic (exact) mass is 553 g/mol. The second kappa shape index (κ2) is 10.9. The van der Waals surface area contributed by atoms with E-state index in [2.05, 4.69) is 14.6 Å². The fourth-order valence-electron chi connectivity index (χ4n) is 4.36. The Kier molecular flexibility index (Phi) is 7.36. The van der Waals surface area contributed by atoms with Crippen molar-refractivity contribution in [3.8, 4) is 11.3 Å². The molecule has 5 rings (SSSR count). The van der Waals surface area contributed by atoms with Gasteiger partial charge in [-0.25, -0.2) is 17.8 Å². The Morgan fingerprint density at radius 2 is 1.76 bits per heavy atom. The number of thiazole rings is 1. The van der Waals surface area contributed by atoms with E-state index in [1.54, 1.807) is 11.4 Å². The molecule has 1 aliphatic rings. The molecule has 0 spiro atoms. The number of nitro benzene ring substituents is 1. The van der Waals surface area contributed by atoms with Crippen LogP contribution >= 0.6 is 11.3 Å². The van der Waals surface area contributed by atoms with Crippen LogP contribution in [-0.2, 0) is 16.6 Å². The van der Waals surface area contributed by atoms with E-state index in [-0.39, 0.29) is 21.5 Å². The number of rotatable bonds is 8. The quantitative estimate of drug-likeness (QED) is 0.242. The van der Waals surface area contributed by atoms with E-state index in [1.165, 1.54) is 24.3 Å². The zero-order valence-electron chi connectivity index (χ0n) is 20.2. The van der Waals surface area contributed by atoms with Crippen molar-refractivity contribution >= 4 is 37.9 Å². The molecule has 1 fully saturated rings. The van der Waals surface area contributed by atoms with Crippen LogP contribution in [0.1, 0.15) is 5.56 Å². The van der Waals surface area contributed by atoms with Gasteiger partial charge in [0, 0.05) is 49.7 Å². The standard InChI is InChI=1S/C26H24FN5O4S2/c27-21-8-4-5-19(15-21)17-30-11-13-31(14-12-30)24-10-9-22(16-25(24)32(33)34)38(35,36)29-26-28-23(18-37-26)20-6-2-1-3-7-20/h1-10,15-16,18H,11-14,17H2,(H,28,29). The van der Waals surface area contributed by atoms with E-state index < -0.39 is 14.9 Å². The predicted molar refractivity (Wildman–Crippen MR) is 145 cm³/mol. The third-order valence-corrected chi connectivity index (χ3v) is 8.48. The normalized spacial score (nSPS) is 14.4. The Labute approximate surface area is 223 Å². The van der Waals surface area contributed by atoms with Crippen LogP contribution in [0.4, 0.5) is 20.9 Å². The molecule has 12 heteroatoms. The zero-order valence-corrected chi connectivity index (χ0v) is 21.8. The van der Waals surface area contributed by atoms with E-state index in [9.17, 15) is 22.9 Å². The smallest absolute Gasteiger partial charge is 0.293 e. The minimum absolute atomic E-state index is 0.171. The van der Waals surface area contributed by atoms with E-state index >= 15 is 0 Å². The maximum absolute atomic E-state index is 13.5. The lowest BCUT2D eigenvalue weighted by Gasteiger charge is -2.35. The van der Waals surface area contributed by atoms with Crippen molar-refractivity contribution in [2.45, 2.75) is 11.4 Å². The van der Waals surface area contributed by atoms with Gasteiger partial charge < -0.3 is 4.90 Å². The summed E-state index contributed by atoms with van der Waals surface area (Å²) < 4.78 is 42.0. The van der Waals surface area contributed by atoms with Gasteiger partial charge >= 0.3 is 0 Å². The molecule has 1 aromatic heterocycles. The number of nitro groups is 1. The first-order chi connectivity index (χ1) is 18.3. The first kappa shape index (κ1) is 25.8. The fraction of sp³-hybridized carbons (Fsp3) is 0.192. The van der Waals surface area contributed by atoms with Gasteiger partial charge in [0.1, 0.15) is 11.5 Å². The zero-order chi connectivity index (χ0) is 26.7. The van der Waals surface area contributed by atoms with Crippen molar-refractivity contribution in [3.63, 3.8) is 0 Å². The molecule has 196 valence electrons. The van der Waals surface area contributed by atoms with E-state index in [0.29, 0.717) is 44.1 Å². The molecule has 0 radical (unpaired) electrons. The fourth-order valence-corrected chi connectivity index (χ4v) is 6.35. The second-order valence-electron chi connectivity index (χ2n) is 8.81. The van der Waals surface area contributed by atoms with Crippen molar-refractivity contribution in [2.24, 2.45) is 0 Å². The minimum Gasteiger partial charge on any atom is -0.363 e. The summed E-state index contributed by atoms with van der Waals surface area (Å²) in [6.45, 7) is 2.87. The average molecular weight is 554 g/mol. The van der Waals surface area contributed by atoms with Gasteiger partial charge in [-0.05, 0) is 29.8 Å². The first-order valence-electron chi connectivity index (χ1n) is 11.8. The van der Waals surface area contributed by atoms with Gasteiger partial charge in [0.25, 0.3) is 15.7 Å². The number of benzene rings is 3. The Morgan fingerprint density at radius 1 is 1.00 bits per heavy atom. The predicted octanol–water partition coefficient (Wildman–Crippen LogP) is 4.98. The number of hydrogen-bond acceptors (Lipinski definition) is 8. The molecule has 2 heterocycles. The lowest BCUT2D eigenvalue weighted by atomic mass is 10.1. The number of nitrogens with one attached hydrogen (secondary N) is 1. The number of nitrogens with zero attached hydrogens (tertiary/aromatic N) is 4. The van der Waals surface area contributed by atoms with E-state index in [4.69, 9.17) is 0 Å². The molecule has 0 amide bonds. The highest BCUT2D eigenvalue weighted by molar-refractivity contribution is 7.93. The summed E-state index contributed by atoms with van der Waals surface area (Å²) >= 11 is 1.13. The van der Waals surface area contributed by atoms with Crippen molar-refractivity contribution in [1.82, 2.24) is 9.88 Å². The number of anilines is 2. The van der Waals surface area contributed by atoms with Crippen LogP contribution in [0.5, 0.6) is 0 Å². The summed E-state index contributed by atoms with van der Waals surface area (Å²) in [4.78, 5) is 19.5. The Hall–Kier alpha value is -3.87. The number of sulfonamides is 1. The average Bonchev–Trinajstić information content (AvgIpc) is 3.37. The number of halogens is 1. The summed E-state index contributed by atoms with van der Waals surface area (Å²) in [7, 11) is -4.10. The molecule has 9 nitrogen and oxygen atoms in total. The lowest BCUT2D eigenvalue weighted by molar-refractivity contribution is -0.384. The molecule has 3 aromatic carbocycles. The van der Waals surface area contributed by atoms with Gasteiger partial charge in [-0.1, -0.05) is 42.5 Å². The van der Waals surface area contributed by atoms with Crippen LogP contribution in [0.15, 0.2) is 83.1 Å². The molecule has 1 saturated heterocycles. The van der Waals surface area contributed by atoms with E-state index in [1.807, 2.05) is 41.3 Å². The molecular formula is C26H24FN5O4S2. The van der Waals surface area contributed by atoms with E-state index in [0.717, 1.165) is 28.5 Å². The molecule has 1 aliphatic heterocycles. The topological polar surface area (TPSA) is 109 Å². The molecule has 0 atom stereocenters. The van der Waals surface area contributed by atoms with Gasteiger partial charge in [-0.2, -0.15) is 0 Å². The van der Waals surface area contributed by atoms with Crippen LogP contribution in [0.25, 0.3) is 11.3 Å². The third-order valence-electron chi connectivity index (χ3n) is 6.26. The summed E-state index contributed by atoms with van der Waals surface area (Å²) in [5.74, 6) is -0.284. The number of aromatic nitrogens is 1. The highest BCUT2D eigenvalue weighted by Crippen LogP contribution is 2.33. The summed E-state index contributed by atoms with van der Waals surface area (Å²) in [6.07, 6.45) is 0. The molecule has 1 N–H and O–H groups in total. The molecular weight excluding hydrogens is 529 g/mol. The van der Waals surface area contributed by atoms with Gasteiger partial charge in [-0.15, -0.1) is 11.3 Å². The molecule has 0 unspecified atom stereocenters. The SMILES string of the molecule is O=[N+]([O-])c1cc(S(=O)(=O)Nc2nc(-c3ccccc3)cs2)ccc1N1CCN(Cc2cccc(F)c2)CC1. The van der Waals surface area contributed by atoms with Crippen molar-refractivity contribution in [2.75, 3.05) is 35.8 Å². The van der Waals surface area contributed by atoms with Crippen LogP contribution in [-0.4, -0.2) is 49.4 Å². The third kappa shape index (κ3) is 5.82. The largest absolute Gasteiger partial charge is 0.363 e. The summed E-state index contributed by atoms with van der Waals surface area (Å²) in [6, 6.07) is 19.7. The van der Waals surface area contributed by atoms with Gasteiger partial charge in [0.2, 0.25) is 0 Å². The van der Waals surface area contributed by atoms with Crippen LogP contribution in [0.3, 0.4) is 0 Å². The molecule has 0 saturated carbocycles. The maximum Gasteiger partial charge on any atom is 0.293 e. The Bertz CT molecular complexity index is 1550. The molecule has 0 bridgehead atoms. The molecule has 0 aliphatic carbocycles. The van der Waals surface area contributed by atoms with Gasteiger partial charge in [0.05, 0.1) is 15.5 Å². The van der Waals surface area contributed by atoms with Crippen molar-refractivity contribution in [1.29, 1.82) is 0 Å². The van der Waals surface area contributed by atoms with Gasteiger partial charge in [-0.3, -0.25) is 19.7 Å². The van der Waals surface area contributed by atoms with Gasteiger partial charge in [0.15, 0.2) is 5.13 Å². The number of piperazine rings is 1. The lowest BCUT2D eigenvalue weighted by Crippen LogP contribution is -2.46. The first-order valence-corrected chi connectivity index (χ1v) is 14.2. The molecule has 4 aromatic rings. The Balaban J connectivity index is 1.29. The van der Waals surface area contributed by atoms with Crippen LogP contribution in [0, 0.1) is 15.9 Å². The van der Waals surface area contributed by atoms with Crippen molar-refractivity contribution in [3.05, 3.63) is 99.7 Å². The van der Waals surface area contributed by atoms with Crippen LogP contribution in [0.2, 0.25) is 0 Å². The van der Waals surface area contributed by atoms with Crippen molar-refractivity contribution < 1.29 is 17.7 Å². The Morgan fingerprint density at radius 3 is 2.47 bits per heavy atom. The molecule has 38 heavy (non-hydrogen) atoms. The highest BCUT2D eigenvalue weighted by Gasteiger charge is 2.27. The maximum atomic E-state index is 13.5. The summed E-state index contributed by atoms with van der Waals surface area (Å²) in [5.41, 5.74) is 2.43. The highest BCUT2D eigenvalue weighted by atomic mass is 32.2. The van der Waals surface area contributed by atoms with Crippen LogP contribution < -0.4 is 9.62 Å². The number of hydrogen-bond donors (Lipinski definition) is 1.